The standard InChI is InChI=1S/C13H19NO3/c1-13(2,12(15)16)9-14(10-5-6-10)8-11-4-3-7-17-11/h3-4,7,10H,5-6,8-9H2,1-2H3,(H,15,16). The van der Waals surface area contributed by atoms with Crippen LogP contribution in [0.4, 0.5) is 0 Å². The van der Waals surface area contributed by atoms with E-state index in [0.29, 0.717) is 19.1 Å². The summed E-state index contributed by atoms with van der Waals surface area (Å²) in [5.41, 5.74) is -0.713. The zero-order chi connectivity index (χ0) is 12.5. The summed E-state index contributed by atoms with van der Waals surface area (Å²) in [5.74, 6) is 0.153. The second kappa shape index (κ2) is 4.53. The molecule has 0 atom stereocenters. The Kier molecular flexibility index (Phi) is 3.24. The van der Waals surface area contributed by atoms with E-state index in [2.05, 4.69) is 4.90 Å². The first-order valence-electron chi connectivity index (χ1n) is 5.99. The highest BCUT2D eigenvalue weighted by atomic mass is 16.4. The summed E-state index contributed by atoms with van der Waals surface area (Å²) in [7, 11) is 0. The normalized spacial score (nSPS) is 16.4. The van der Waals surface area contributed by atoms with E-state index >= 15 is 0 Å². The molecule has 0 bridgehead atoms. The van der Waals surface area contributed by atoms with Gasteiger partial charge in [0.25, 0.3) is 0 Å². The van der Waals surface area contributed by atoms with Gasteiger partial charge in [0.2, 0.25) is 0 Å². The first-order chi connectivity index (χ1) is 7.99. The number of rotatable bonds is 6. The Labute approximate surface area is 101 Å². The van der Waals surface area contributed by atoms with E-state index in [0.717, 1.165) is 18.6 Å². The highest BCUT2D eigenvalue weighted by Crippen LogP contribution is 2.31. The molecule has 1 N–H and O–H groups in total. The minimum Gasteiger partial charge on any atom is -0.481 e. The van der Waals surface area contributed by atoms with Crippen molar-refractivity contribution in [3.63, 3.8) is 0 Å². The minimum absolute atomic E-state index is 0.527. The Morgan fingerprint density at radius 2 is 2.29 bits per heavy atom. The van der Waals surface area contributed by atoms with Crippen LogP contribution < -0.4 is 0 Å². The van der Waals surface area contributed by atoms with E-state index in [9.17, 15) is 4.79 Å². The van der Waals surface area contributed by atoms with E-state index in [4.69, 9.17) is 9.52 Å². The van der Waals surface area contributed by atoms with Gasteiger partial charge in [-0.2, -0.15) is 0 Å². The van der Waals surface area contributed by atoms with Gasteiger partial charge in [0, 0.05) is 12.6 Å². The number of aliphatic carboxylic acids is 1. The number of carbonyl (C=O) groups is 1. The second-order valence-electron chi connectivity index (χ2n) is 5.40. The fourth-order valence-electron chi connectivity index (χ4n) is 1.93. The van der Waals surface area contributed by atoms with Crippen LogP contribution in [0.5, 0.6) is 0 Å². The Morgan fingerprint density at radius 1 is 1.59 bits per heavy atom. The molecule has 1 aromatic heterocycles. The zero-order valence-corrected chi connectivity index (χ0v) is 10.3. The maximum absolute atomic E-state index is 11.2. The van der Waals surface area contributed by atoms with Crippen LogP contribution >= 0.6 is 0 Å². The van der Waals surface area contributed by atoms with E-state index in [1.165, 1.54) is 0 Å². The molecule has 94 valence electrons. The second-order valence-corrected chi connectivity index (χ2v) is 5.40. The lowest BCUT2D eigenvalue weighted by Gasteiger charge is -2.29. The lowest BCUT2D eigenvalue weighted by molar-refractivity contribution is -0.148. The van der Waals surface area contributed by atoms with Gasteiger partial charge >= 0.3 is 5.97 Å². The predicted octanol–water partition coefficient (Wildman–Crippen LogP) is 2.35. The molecule has 0 aromatic carbocycles. The van der Waals surface area contributed by atoms with Gasteiger partial charge in [0.1, 0.15) is 5.76 Å². The first-order valence-corrected chi connectivity index (χ1v) is 5.99. The molecule has 4 heteroatoms. The van der Waals surface area contributed by atoms with Crippen molar-refractivity contribution in [2.75, 3.05) is 6.54 Å². The van der Waals surface area contributed by atoms with Crippen LogP contribution in [-0.4, -0.2) is 28.6 Å². The number of carboxylic acid groups (broad SMARTS) is 1. The van der Waals surface area contributed by atoms with Crippen LogP contribution in [0.2, 0.25) is 0 Å². The molecule has 0 radical (unpaired) electrons. The largest absolute Gasteiger partial charge is 0.481 e. The quantitative estimate of drug-likeness (QED) is 0.825. The molecule has 1 aromatic rings. The van der Waals surface area contributed by atoms with Gasteiger partial charge in [-0.25, -0.2) is 0 Å². The average Bonchev–Trinajstić information content (AvgIpc) is 2.97. The molecule has 1 aliphatic carbocycles. The Morgan fingerprint density at radius 3 is 2.76 bits per heavy atom. The molecular weight excluding hydrogens is 218 g/mol. The van der Waals surface area contributed by atoms with Gasteiger partial charge in [-0.15, -0.1) is 0 Å². The number of furan rings is 1. The van der Waals surface area contributed by atoms with Gasteiger partial charge in [-0.05, 0) is 38.8 Å². The average molecular weight is 237 g/mol. The van der Waals surface area contributed by atoms with Crippen LogP contribution in [0.1, 0.15) is 32.4 Å². The van der Waals surface area contributed by atoms with Crippen molar-refractivity contribution in [3.8, 4) is 0 Å². The number of nitrogens with zero attached hydrogens (tertiary/aromatic N) is 1. The summed E-state index contributed by atoms with van der Waals surface area (Å²) in [6.45, 7) is 4.81. The molecule has 4 nitrogen and oxygen atoms in total. The molecule has 0 unspecified atom stereocenters. The third-order valence-electron chi connectivity index (χ3n) is 3.18. The first kappa shape index (κ1) is 12.2. The van der Waals surface area contributed by atoms with Crippen molar-refractivity contribution in [2.45, 2.75) is 39.3 Å². The number of hydrogen-bond acceptors (Lipinski definition) is 3. The molecule has 1 aliphatic rings. The molecule has 0 aliphatic heterocycles. The Bertz CT molecular complexity index is 379. The van der Waals surface area contributed by atoms with Gasteiger partial charge in [0.05, 0.1) is 18.2 Å². The molecule has 1 heterocycles. The van der Waals surface area contributed by atoms with Crippen LogP contribution in [0.3, 0.4) is 0 Å². The summed E-state index contributed by atoms with van der Waals surface area (Å²) >= 11 is 0. The van der Waals surface area contributed by atoms with Crippen molar-refractivity contribution >= 4 is 5.97 Å². The third-order valence-corrected chi connectivity index (χ3v) is 3.18. The predicted molar refractivity (Wildman–Crippen MR) is 63.6 cm³/mol. The topological polar surface area (TPSA) is 53.7 Å². The zero-order valence-electron chi connectivity index (χ0n) is 10.3. The van der Waals surface area contributed by atoms with E-state index in [1.807, 2.05) is 12.1 Å². The molecule has 0 saturated heterocycles. The molecule has 17 heavy (non-hydrogen) atoms. The van der Waals surface area contributed by atoms with Crippen LogP contribution in [0.25, 0.3) is 0 Å². The smallest absolute Gasteiger partial charge is 0.310 e. The lowest BCUT2D eigenvalue weighted by Crippen LogP contribution is -2.40. The fourth-order valence-corrected chi connectivity index (χ4v) is 1.93. The van der Waals surface area contributed by atoms with Gasteiger partial charge in [0.15, 0.2) is 0 Å². The Balaban J connectivity index is 2.00. The van der Waals surface area contributed by atoms with Gasteiger partial charge in [-0.1, -0.05) is 0 Å². The number of hydrogen-bond donors (Lipinski definition) is 1. The van der Waals surface area contributed by atoms with Gasteiger partial charge < -0.3 is 9.52 Å². The van der Waals surface area contributed by atoms with E-state index in [1.54, 1.807) is 20.1 Å². The molecule has 1 fully saturated rings. The monoisotopic (exact) mass is 237 g/mol. The van der Waals surface area contributed by atoms with Crippen LogP contribution in [0.15, 0.2) is 22.8 Å². The molecule has 0 spiro atoms. The molecule has 0 amide bonds. The van der Waals surface area contributed by atoms with Gasteiger partial charge in [-0.3, -0.25) is 9.69 Å². The van der Waals surface area contributed by atoms with Crippen molar-refractivity contribution in [1.82, 2.24) is 4.90 Å². The summed E-state index contributed by atoms with van der Waals surface area (Å²) < 4.78 is 5.33. The minimum atomic E-state index is -0.748. The summed E-state index contributed by atoms with van der Waals surface area (Å²) in [5, 5.41) is 9.17. The Hall–Kier alpha value is -1.29. The molecule has 1 saturated carbocycles. The van der Waals surface area contributed by atoms with E-state index < -0.39 is 11.4 Å². The van der Waals surface area contributed by atoms with Crippen LogP contribution in [-0.2, 0) is 11.3 Å². The molecule has 2 rings (SSSR count). The molecular formula is C13H19NO3. The van der Waals surface area contributed by atoms with Crippen molar-refractivity contribution in [2.24, 2.45) is 5.41 Å². The van der Waals surface area contributed by atoms with E-state index in [-0.39, 0.29) is 0 Å². The maximum atomic E-state index is 11.2. The summed E-state index contributed by atoms with van der Waals surface area (Å²) in [6.07, 6.45) is 3.98. The highest BCUT2D eigenvalue weighted by molar-refractivity contribution is 5.73. The van der Waals surface area contributed by atoms with Crippen LogP contribution in [0, 0.1) is 5.41 Å². The fraction of sp³-hybridized carbons (Fsp3) is 0.615. The summed E-state index contributed by atoms with van der Waals surface area (Å²) in [6, 6.07) is 4.32. The third kappa shape index (κ3) is 3.09. The number of carboxylic acids is 1. The summed E-state index contributed by atoms with van der Waals surface area (Å²) in [4.78, 5) is 13.4. The SMILES string of the molecule is CC(C)(CN(Cc1ccco1)C1CC1)C(=O)O. The van der Waals surface area contributed by atoms with Crippen molar-refractivity contribution < 1.29 is 14.3 Å². The highest BCUT2D eigenvalue weighted by Gasteiger charge is 2.36. The maximum Gasteiger partial charge on any atom is 0.310 e. The van der Waals surface area contributed by atoms with Crippen molar-refractivity contribution in [3.05, 3.63) is 24.2 Å². The van der Waals surface area contributed by atoms with Crippen molar-refractivity contribution in [1.29, 1.82) is 0 Å². The lowest BCUT2D eigenvalue weighted by atomic mass is 9.93.